The number of anilines is 2. The van der Waals surface area contributed by atoms with Crippen LogP contribution in [0.15, 0.2) is 53.8 Å². The predicted molar refractivity (Wildman–Crippen MR) is 89.9 cm³/mol. The Balaban J connectivity index is 0.00000176. The van der Waals surface area contributed by atoms with Crippen LogP contribution in [0.5, 0.6) is 0 Å². The van der Waals surface area contributed by atoms with Gasteiger partial charge in [0.05, 0.1) is 5.71 Å². The van der Waals surface area contributed by atoms with E-state index in [2.05, 4.69) is 15.5 Å². The molecule has 1 aromatic heterocycles. The second-order valence-corrected chi connectivity index (χ2v) is 4.89. The van der Waals surface area contributed by atoms with Gasteiger partial charge in [-0.3, -0.25) is 4.79 Å². The summed E-state index contributed by atoms with van der Waals surface area (Å²) >= 11 is 0. The van der Waals surface area contributed by atoms with Crippen molar-refractivity contribution in [2.75, 3.05) is 11.9 Å². The second-order valence-electron chi connectivity index (χ2n) is 4.89. The summed E-state index contributed by atoms with van der Waals surface area (Å²) in [5.41, 5.74) is 5.53. The summed E-state index contributed by atoms with van der Waals surface area (Å²) in [5.74, 6) is 0.873. The summed E-state index contributed by atoms with van der Waals surface area (Å²) < 4.78 is 0. The minimum absolute atomic E-state index is 0. The summed E-state index contributed by atoms with van der Waals surface area (Å²) in [4.78, 5) is 17.5. The van der Waals surface area contributed by atoms with Crippen molar-refractivity contribution in [1.82, 2.24) is 10.4 Å². The van der Waals surface area contributed by atoms with E-state index in [9.17, 15) is 4.79 Å². The Morgan fingerprint density at radius 2 is 1.86 bits per heavy atom. The van der Waals surface area contributed by atoms with Gasteiger partial charge in [-0.25, -0.2) is 10.4 Å². The van der Waals surface area contributed by atoms with Gasteiger partial charge in [0.2, 0.25) is 5.91 Å². The lowest BCUT2D eigenvalue weighted by atomic mass is 10.0. The molecule has 0 saturated heterocycles. The zero-order valence-corrected chi connectivity index (χ0v) is 13.0. The first kappa shape index (κ1) is 16.0. The highest BCUT2D eigenvalue weighted by molar-refractivity contribution is 6.04. The fourth-order valence-electron chi connectivity index (χ4n) is 2.24. The van der Waals surface area contributed by atoms with Crippen LogP contribution in [0.4, 0.5) is 11.5 Å². The Hall–Kier alpha value is -2.40. The van der Waals surface area contributed by atoms with Crippen molar-refractivity contribution in [2.45, 2.75) is 12.8 Å². The normalized spacial score (nSPS) is 13.7. The lowest BCUT2D eigenvalue weighted by Gasteiger charge is -2.19. The minimum Gasteiger partial charge on any atom is -0.329 e. The molecule has 0 saturated carbocycles. The topological polar surface area (TPSA) is 57.6 Å². The highest BCUT2D eigenvalue weighted by atomic mass is 35.5. The number of carbonyl (C=O) groups excluding carboxylic acids is 1. The lowest BCUT2D eigenvalue weighted by Crippen LogP contribution is -2.25. The van der Waals surface area contributed by atoms with Gasteiger partial charge in [0, 0.05) is 31.8 Å². The largest absolute Gasteiger partial charge is 0.329 e. The number of amides is 1. The monoisotopic (exact) mass is 316 g/mol. The summed E-state index contributed by atoms with van der Waals surface area (Å²) in [7, 11) is 1.98. The molecule has 0 unspecified atom stereocenters. The predicted octanol–water partition coefficient (Wildman–Crippen LogP) is 2.89. The number of halogens is 1. The van der Waals surface area contributed by atoms with Crippen LogP contribution in [0.3, 0.4) is 0 Å². The molecule has 22 heavy (non-hydrogen) atoms. The number of pyridine rings is 1. The van der Waals surface area contributed by atoms with Gasteiger partial charge in [0.1, 0.15) is 5.82 Å². The number of hydrogen-bond acceptors (Lipinski definition) is 4. The van der Waals surface area contributed by atoms with E-state index in [1.807, 2.05) is 54.4 Å². The summed E-state index contributed by atoms with van der Waals surface area (Å²) in [5, 5.41) is 4.10. The Kier molecular flexibility index (Phi) is 5.12. The average Bonchev–Trinajstić information content (AvgIpc) is 2.56. The van der Waals surface area contributed by atoms with Gasteiger partial charge in [0.25, 0.3) is 0 Å². The van der Waals surface area contributed by atoms with Crippen molar-refractivity contribution in [3.05, 3.63) is 54.2 Å². The van der Waals surface area contributed by atoms with Gasteiger partial charge in [-0.15, -0.1) is 12.4 Å². The van der Waals surface area contributed by atoms with Crippen molar-refractivity contribution in [1.29, 1.82) is 0 Å². The maximum Gasteiger partial charge on any atom is 0.240 e. The van der Waals surface area contributed by atoms with E-state index in [4.69, 9.17) is 0 Å². The van der Waals surface area contributed by atoms with Crippen molar-refractivity contribution < 1.29 is 4.79 Å². The first-order valence-electron chi connectivity index (χ1n) is 6.84. The number of benzene rings is 1. The molecule has 1 amide bonds. The standard InChI is InChI=1S/C16H16N4O.ClH/c1-20(15-4-2-3-11-17-15)13-7-5-12(6-8-13)14-9-10-16(21)19-18-14;/h2-8,11H,9-10H2,1H3,(H,19,21);1H. The molecule has 0 spiro atoms. The first-order valence-corrected chi connectivity index (χ1v) is 6.84. The van der Waals surface area contributed by atoms with Gasteiger partial charge in [-0.05, 0) is 29.8 Å². The van der Waals surface area contributed by atoms with Crippen LogP contribution < -0.4 is 10.3 Å². The smallest absolute Gasteiger partial charge is 0.240 e. The molecule has 0 radical (unpaired) electrons. The molecule has 0 atom stereocenters. The molecule has 0 bridgehead atoms. The van der Waals surface area contributed by atoms with Crippen LogP contribution in [0.1, 0.15) is 18.4 Å². The molecule has 5 nitrogen and oxygen atoms in total. The van der Waals surface area contributed by atoms with E-state index >= 15 is 0 Å². The van der Waals surface area contributed by atoms with E-state index < -0.39 is 0 Å². The van der Waals surface area contributed by atoms with Crippen LogP contribution in [-0.4, -0.2) is 23.7 Å². The molecule has 3 rings (SSSR count). The van der Waals surface area contributed by atoms with Gasteiger partial charge in [-0.1, -0.05) is 18.2 Å². The van der Waals surface area contributed by atoms with Crippen LogP contribution >= 0.6 is 12.4 Å². The van der Waals surface area contributed by atoms with E-state index in [1.54, 1.807) is 6.20 Å². The molecule has 0 fully saturated rings. The SMILES string of the molecule is CN(c1ccc(C2=NNC(=O)CC2)cc1)c1ccccn1.Cl. The Morgan fingerprint density at radius 1 is 1.09 bits per heavy atom. The molecule has 1 aliphatic heterocycles. The maximum atomic E-state index is 11.1. The van der Waals surface area contributed by atoms with Crippen molar-refractivity contribution in [2.24, 2.45) is 5.10 Å². The fourth-order valence-corrected chi connectivity index (χ4v) is 2.24. The number of hydrogen-bond donors (Lipinski definition) is 1. The highest BCUT2D eigenvalue weighted by Crippen LogP contribution is 2.22. The Morgan fingerprint density at radius 3 is 2.45 bits per heavy atom. The number of carbonyl (C=O) groups is 1. The maximum absolute atomic E-state index is 11.1. The van der Waals surface area contributed by atoms with Gasteiger partial charge in [-0.2, -0.15) is 5.10 Å². The quantitative estimate of drug-likeness (QED) is 0.947. The Bertz CT molecular complexity index is 670. The van der Waals surface area contributed by atoms with Crippen LogP contribution in [-0.2, 0) is 4.79 Å². The van der Waals surface area contributed by atoms with E-state index in [1.165, 1.54) is 0 Å². The summed E-state index contributed by atoms with van der Waals surface area (Å²) in [6.07, 6.45) is 2.95. The van der Waals surface area contributed by atoms with E-state index in [-0.39, 0.29) is 18.3 Å². The lowest BCUT2D eigenvalue weighted by molar-refractivity contribution is -0.121. The molecular weight excluding hydrogens is 300 g/mol. The fraction of sp³-hybridized carbons (Fsp3) is 0.188. The van der Waals surface area contributed by atoms with E-state index in [0.717, 1.165) is 22.8 Å². The number of aromatic nitrogens is 1. The molecule has 1 N–H and O–H groups in total. The highest BCUT2D eigenvalue weighted by Gasteiger charge is 2.13. The number of nitrogens with one attached hydrogen (secondary N) is 1. The van der Waals surface area contributed by atoms with Crippen LogP contribution in [0.2, 0.25) is 0 Å². The molecule has 0 aliphatic carbocycles. The molecular formula is C16H17ClN4O. The molecule has 2 heterocycles. The third-order valence-electron chi connectivity index (χ3n) is 3.49. The average molecular weight is 317 g/mol. The van der Waals surface area contributed by atoms with Crippen molar-refractivity contribution >= 4 is 35.5 Å². The number of rotatable bonds is 3. The van der Waals surface area contributed by atoms with Gasteiger partial charge < -0.3 is 4.90 Å². The second kappa shape index (κ2) is 7.04. The first-order chi connectivity index (χ1) is 10.2. The summed E-state index contributed by atoms with van der Waals surface area (Å²) in [6.45, 7) is 0. The van der Waals surface area contributed by atoms with Crippen molar-refractivity contribution in [3.63, 3.8) is 0 Å². The van der Waals surface area contributed by atoms with Crippen molar-refractivity contribution in [3.8, 4) is 0 Å². The zero-order chi connectivity index (χ0) is 14.7. The van der Waals surface area contributed by atoms with Gasteiger partial charge in [0.15, 0.2) is 0 Å². The zero-order valence-electron chi connectivity index (χ0n) is 12.2. The Labute approximate surface area is 135 Å². The number of nitrogens with zero attached hydrogens (tertiary/aromatic N) is 3. The third kappa shape index (κ3) is 3.43. The van der Waals surface area contributed by atoms with Crippen LogP contribution in [0.25, 0.3) is 0 Å². The molecule has 2 aromatic rings. The molecule has 1 aliphatic rings. The van der Waals surface area contributed by atoms with E-state index in [0.29, 0.717) is 12.8 Å². The molecule has 114 valence electrons. The molecule has 1 aromatic carbocycles. The molecule has 6 heteroatoms. The number of hydrazone groups is 1. The van der Waals surface area contributed by atoms with Gasteiger partial charge >= 0.3 is 0 Å². The van der Waals surface area contributed by atoms with Crippen LogP contribution in [0, 0.1) is 0 Å². The summed E-state index contributed by atoms with van der Waals surface area (Å²) in [6, 6.07) is 13.9. The minimum atomic E-state index is -0.0229. The third-order valence-corrected chi connectivity index (χ3v) is 3.49.